The molecule has 6 nitrogen and oxygen atoms in total. The van der Waals surface area contributed by atoms with E-state index in [4.69, 9.17) is 5.21 Å². The molecule has 2 rings (SSSR count). The van der Waals surface area contributed by atoms with Gasteiger partial charge in [-0.25, -0.2) is 0 Å². The summed E-state index contributed by atoms with van der Waals surface area (Å²) in [7, 11) is 0. The summed E-state index contributed by atoms with van der Waals surface area (Å²) in [5.74, 6) is 0. The standard InChI is InChI=1S/C12H9N3O3/c16-14-12(10-5-7-13-8-6-10)9-1-3-11(4-2-9)15(17)18/h1-8,16H. The summed E-state index contributed by atoms with van der Waals surface area (Å²) in [5, 5.41) is 22.8. The van der Waals surface area contributed by atoms with Crippen molar-refractivity contribution in [1.82, 2.24) is 4.98 Å². The van der Waals surface area contributed by atoms with E-state index in [0.717, 1.165) is 0 Å². The molecule has 1 N–H and O–H groups in total. The Morgan fingerprint density at radius 1 is 1.11 bits per heavy atom. The summed E-state index contributed by atoms with van der Waals surface area (Å²) in [6.07, 6.45) is 3.15. The summed E-state index contributed by atoms with van der Waals surface area (Å²) in [6, 6.07) is 9.18. The first-order valence-electron chi connectivity index (χ1n) is 5.09. The average molecular weight is 243 g/mol. The first-order chi connectivity index (χ1) is 8.72. The zero-order chi connectivity index (χ0) is 13.0. The number of nitro groups is 1. The maximum absolute atomic E-state index is 10.5. The fourth-order valence-electron chi connectivity index (χ4n) is 1.53. The third kappa shape index (κ3) is 2.32. The van der Waals surface area contributed by atoms with Gasteiger partial charge >= 0.3 is 0 Å². The maximum Gasteiger partial charge on any atom is 0.269 e. The molecule has 0 aliphatic heterocycles. The molecule has 1 heterocycles. The minimum Gasteiger partial charge on any atom is -0.410 e. The van der Waals surface area contributed by atoms with Crippen LogP contribution in [0.2, 0.25) is 0 Å². The molecule has 0 amide bonds. The zero-order valence-corrected chi connectivity index (χ0v) is 9.22. The molecule has 0 unspecified atom stereocenters. The highest BCUT2D eigenvalue weighted by Crippen LogP contribution is 2.15. The van der Waals surface area contributed by atoms with Gasteiger partial charge in [-0.05, 0) is 24.3 Å². The number of rotatable bonds is 3. The van der Waals surface area contributed by atoms with Crippen molar-refractivity contribution in [3.63, 3.8) is 0 Å². The van der Waals surface area contributed by atoms with Gasteiger partial charge in [-0.2, -0.15) is 0 Å². The van der Waals surface area contributed by atoms with E-state index in [1.54, 1.807) is 24.5 Å². The van der Waals surface area contributed by atoms with Crippen LogP contribution in [0.1, 0.15) is 11.1 Å². The molecule has 0 saturated heterocycles. The Morgan fingerprint density at radius 3 is 2.17 bits per heavy atom. The summed E-state index contributed by atoms with van der Waals surface area (Å²) in [5.41, 5.74) is 1.61. The van der Waals surface area contributed by atoms with Crippen LogP contribution >= 0.6 is 0 Å². The van der Waals surface area contributed by atoms with Crippen molar-refractivity contribution < 1.29 is 10.1 Å². The molecule has 6 heteroatoms. The second kappa shape index (κ2) is 5.05. The molecule has 90 valence electrons. The number of oxime groups is 1. The number of hydrogen-bond acceptors (Lipinski definition) is 5. The molecule has 0 fully saturated rings. The van der Waals surface area contributed by atoms with E-state index >= 15 is 0 Å². The van der Waals surface area contributed by atoms with Crippen LogP contribution < -0.4 is 0 Å². The maximum atomic E-state index is 10.5. The van der Waals surface area contributed by atoms with Gasteiger partial charge in [-0.1, -0.05) is 5.16 Å². The highest BCUT2D eigenvalue weighted by molar-refractivity contribution is 6.12. The largest absolute Gasteiger partial charge is 0.410 e. The molecule has 1 aromatic heterocycles. The van der Waals surface area contributed by atoms with Crippen LogP contribution in [0.3, 0.4) is 0 Å². The SMILES string of the molecule is O=[N+]([O-])c1ccc(C(=NO)c2ccncc2)cc1. The van der Waals surface area contributed by atoms with Crippen LogP contribution in [0.15, 0.2) is 53.9 Å². The van der Waals surface area contributed by atoms with Crippen molar-refractivity contribution >= 4 is 11.4 Å². The second-order valence-corrected chi connectivity index (χ2v) is 3.49. The topological polar surface area (TPSA) is 88.6 Å². The number of benzene rings is 1. The fourth-order valence-corrected chi connectivity index (χ4v) is 1.53. The predicted octanol–water partition coefficient (Wildman–Crippen LogP) is 2.22. The Kier molecular flexibility index (Phi) is 3.29. The first kappa shape index (κ1) is 11.7. The number of aromatic nitrogens is 1. The number of nitrogens with zero attached hydrogens (tertiary/aromatic N) is 3. The van der Waals surface area contributed by atoms with Crippen molar-refractivity contribution in [2.75, 3.05) is 0 Å². The van der Waals surface area contributed by atoms with E-state index < -0.39 is 4.92 Å². The smallest absolute Gasteiger partial charge is 0.269 e. The number of nitro benzene ring substituents is 1. The molecular weight excluding hydrogens is 234 g/mol. The Morgan fingerprint density at radius 2 is 1.67 bits per heavy atom. The lowest BCUT2D eigenvalue weighted by molar-refractivity contribution is -0.384. The van der Waals surface area contributed by atoms with Gasteiger partial charge in [-0.15, -0.1) is 0 Å². The van der Waals surface area contributed by atoms with Crippen LogP contribution in [-0.4, -0.2) is 20.8 Å². The van der Waals surface area contributed by atoms with E-state index in [2.05, 4.69) is 10.1 Å². The Hall–Kier alpha value is -2.76. The predicted molar refractivity (Wildman–Crippen MR) is 64.8 cm³/mol. The molecule has 0 bridgehead atoms. The van der Waals surface area contributed by atoms with Crippen molar-refractivity contribution in [3.05, 3.63) is 70.0 Å². The Labute approximate surface area is 102 Å². The van der Waals surface area contributed by atoms with Gasteiger partial charge in [0.25, 0.3) is 5.69 Å². The minimum atomic E-state index is -0.480. The lowest BCUT2D eigenvalue weighted by Gasteiger charge is -2.03. The van der Waals surface area contributed by atoms with Crippen LogP contribution in [0.25, 0.3) is 0 Å². The van der Waals surface area contributed by atoms with Crippen molar-refractivity contribution in [1.29, 1.82) is 0 Å². The van der Waals surface area contributed by atoms with Gasteiger partial charge in [0, 0.05) is 35.7 Å². The molecule has 0 saturated carbocycles. The fraction of sp³-hybridized carbons (Fsp3) is 0. The number of pyridine rings is 1. The Balaban J connectivity index is 2.38. The van der Waals surface area contributed by atoms with E-state index in [-0.39, 0.29) is 5.69 Å². The molecule has 2 aromatic rings. The van der Waals surface area contributed by atoms with E-state index in [1.807, 2.05) is 0 Å². The number of non-ortho nitro benzene ring substituents is 1. The summed E-state index contributed by atoms with van der Waals surface area (Å²) < 4.78 is 0. The van der Waals surface area contributed by atoms with Crippen LogP contribution in [0.4, 0.5) is 5.69 Å². The molecule has 0 aliphatic carbocycles. The molecule has 0 spiro atoms. The van der Waals surface area contributed by atoms with E-state index in [9.17, 15) is 10.1 Å². The summed E-state index contributed by atoms with van der Waals surface area (Å²) in [6.45, 7) is 0. The lowest BCUT2D eigenvalue weighted by Crippen LogP contribution is -2.03. The molecule has 0 atom stereocenters. The normalized spacial score (nSPS) is 11.2. The summed E-state index contributed by atoms with van der Waals surface area (Å²) in [4.78, 5) is 13.9. The van der Waals surface area contributed by atoms with Gasteiger partial charge in [0.2, 0.25) is 0 Å². The van der Waals surface area contributed by atoms with Gasteiger partial charge < -0.3 is 5.21 Å². The van der Waals surface area contributed by atoms with Gasteiger partial charge in [0.05, 0.1) is 4.92 Å². The first-order valence-corrected chi connectivity index (χ1v) is 5.09. The monoisotopic (exact) mass is 243 g/mol. The second-order valence-electron chi connectivity index (χ2n) is 3.49. The highest BCUT2D eigenvalue weighted by Gasteiger charge is 2.10. The van der Waals surface area contributed by atoms with Gasteiger partial charge in [0.15, 0.2) is 0 Å². The zero-order valence-electron chi connectivity index (χ0n) is 9.22. The summed E-state index contributed by atoms with van der Waals surface area (Å²) >= 11 is 0. The van der Waals surface area contributed by atoms with E-state index in [0.29, 0.717) is 16.8 Å². The minimum absolute atomic E-state index is 0.00855. The number of hydrogen-bond donors (Lipinski definition) is 1. The quantitative estimate of drug-likeness (QED) is 0.387. The Bertz CT molecular complexity index is 579. The molecule has 18 heavy (non-hydrogen) atoms. The average Bonchev–Trinajstić information content (AvgIpc) is 2.41. The van der Waals surface area contributed by atoms with E-state index in [1.165, 1.54) is 24.3 Å². The van der Waals surface area contributed by atoms with Crippen molar-refractivity contribution in [2.24, 2.45) is 5.16 Å². The molecule has 0 aliphatic rings. The third-order valence-corrected chi connectivity index (χ3v) is 2.41. The molecule has 0 radical (unpaired) electrons. The molecular formula is C12H9N3O3. The third-order valence-electron chi connectivity index (χ3n) is 2.41. The van der Waals surface area contributed by atoms with Crippen LogP contribution in [-0.2, 0) is 0 Å². The van der Waals surface area contributed by atoms with Gasteiger partial charge in [0.1, 0.15) is 5.71 Å². The lowest BCUT2D eigenvalue weighted by atomic mass is 10.0. The van der Waals surface area contributed by atoms with Gasteiger partial charge in [-0.3, -0.25) is 15.1 Å². The van der Waals surface area contributed by atoms with Crippen LogP contribution in [0.5, 0.6) is 0 Å². The van der Waals surface area contributed by atoms with Crippen molar-refractivity contribution in [3.8, 4) is 0 Å². The van der Waals surface area contributed by atoms with Crippen LogP contribution in [0, 0.1) is 10.1 Å². The highest BCUT2D eigenvalue weighted by atomic mass is 16.6. The molecule has 1 aromatic carbocycles. The van der Waals surface area contributed by atoms with Crippen molar-refractivity contribution in [2.45, 2.75) is 0 Å².